The van der Waals surface area contributed by atoms with Crippen LogP contribution in [0.2, 0.25) is 0 Å². The smallest absolute Gasteiger partial charge is 0.305 e. The maximum atomic E-state index is 13.4. The first kappa shape index (κ1) is 16.3. The zero-order chi connectivity index (χ0) is 16.6. The summed E-state index contributed by atoms with van der Waals surface area (Å²) in [5, 5.41) is 9.80. The molecular formula is C16H16FNO3S2. The number of nitrogens with zero attached hydrogens (tertiary/aromatic N) is 1. The summed E-state index contributed by atoms with van der Waals surface area (Å²) in [7, 11) is 0. The van der Waals surface area contributed by atoms with Gasteiger partial charge in [0, 0.05) is 22.8 Å². The second-order valence-electron chi connectivity index (χ2n) is 5.52. The Labute approximate surface area is 141 Å². The molecule has 1 saturated heterocycles. The average molecular weight is 353 g/mol. The summed E-state index contributed by atoms with van der Waals surface area (Å²) in [6.07, 6.45) is -0.0443. The van der Waals surface area contributed by atoms with Crippen LogP contribution in [0, 0.1) is 12.7 Å². The molecule has 1 aromatic heterocycles. The molecule has 1 aromatic carbocycles. The highest BCUT2D eigenvalue weighted by Crippen LogP contribution is 2.33. The van der Waals surface area contributed by atoms with Crippen molar-refractivity contribution in [2.24, 2.45) is 0 Å². The van der Waals surface area contributed by atoms with Gasteiger partial charge < -0.3 is 10.0 Å². The van der Waals surface area contributed by atoms with Crippen molar-refractivity contribution in [1.29, 1.82) is 0 Å². The first-order valence-electron chi connectivity index (χ1n) is 7.26. The van der Waals surface area contributed by atoms with E-state index < -0.39 is 5.97 Å². The molecule has 2 heterocycles. The van der Waals surface area contributed by atoms with Gasteiger partial charge in [-0.1, -0.05) is 0 Å². The van der Waals surface area contributed by atoms with Crippen LogP contribution >= 0.6 is 23.1 Å². The Balaban J connectivity index is 1.95. The van der Waals surface area contributed by atoms with Crippen LogP contribution in [0.1, 0.15) is 21.7 Å². The third-order valence-corrected chi connectivity index (χ3v) is 6.34. The number of hydrogen-bond donors (Lipinski definition) is 1. The molecule has 1 N–H and O–H groups in total. The quantitative estimate of drug-likeness (QED) is 0.919. The van der Waals surface area contributed by atoms with E-state index in [1.807, 2.05) is 6.92 Å². The Morgan fingerprint density at radius 2 is 2.22 bits per heavy atom. The van der Waals surface area contributed by atoms with Crippen molar-refractivity contribution < 1.29 is 19.1 Å². The molecule has 0 bridgehead atoms. The first-order chi connectivity index (χ1) is 11.0. The predicted molar refractivity (Wildman–Crippen MR) is 90.9 cm³/mol. The topological polar surface area (TPSA) is 57.6 Å². The van der Waals surface area contributed by atoms with Crippen molar-refractivity contribution in [1.82, 2.24) is 4.90 Å². The van der Waals surface area contributed by atoms with Crippen LogP contribution in [-0.4, -0.2) is 46.0 Å². The molecular weight excluding hydrogens is 337 g/mol. The molecule has 0 aliphatic carbocycles. The second kappa shape index (κ2) is 6.49. The number of rotatable bonds is 3. The van der Waals surface area contributed by atoms with Gasteiger partial charge in [0.15, 0.2) is 0 Å². The van der Waals surface area contributed by atoms with E-state index >= 15 is 0 Å². The van der Waals surface area contributed by atoms with Gasteiger partial charge in [-0.15, -0.1) is 11.3 Å². The van der Waals surface area contributed by atoms with Crippen LogP contribution in [0.15, 0.2) is 18.2 Å². The molecule has 23 heavy (non-hydrogen) atoms. The van der Waals surface area contributed by atoms with Crippen LogP contribution in [0.3, 0.4) is 0 Å². The number of benzene rings is 1. The third kappa shape index (κ3) is 3.21. The number of carboxylic acids is 1. The lowest BCUT2D eigenvalue weighted by molar-refractivity contribution is -0.138. The summed E-state index contributed by atoms with van der Waals surface area (Å²) < 4.78 is 14.3. The molecule has 4 nitrogen and oxygen atoms in total. The lowest BCUT2D eigenvalue weighted by atomic mass is 10.1. The van der Waals surface area contributed by atoms with E-state index in [0.29, 0.717) is 17.2 Å². The molecule has 1 atom stereocenters. The summed E-state index contributed by atoms with van der Waals surface area (Å²) in [6.45, 7) is 2.36. The van der Waals surface area contributed by atoms with Crippen molar-refractivity contribution >= 4 is 45.1 Å². The van der Waals surface area contributed by atoms with Crippen LogP contribution in [-0.2, 0) is 4.79 Å². The minimum Gasteiger partial charge on any atom is -0.481 e. The summed E-state index contributed by atoms with van der Waals surface area (Å²) in [5.74, 6) is 0.0773. The molecule has 0 spiro atoms. The van der Waals surface area contributed by atoms with Crippen LogP contribution in [0.25, 0.3) is 10.1 Å². The molecule has 0 saturated carbocycles. The molecule has 2 aromatic rings. The standard InChI is InChI=1S/C16H16FNO3S2/c1-9-12-6-10(17)2-3-13(12)23-15(9)16(21)18-4-5-22-8-11(18)7-14(19)20/h2-3,6,11H,4-5,7-8H2,1H3,(H,19,20). The van der Waals surface area contributed by atoms with Gasteiger partial charge in [-0.2, -0.15) is 11.8 Å². The SMILES string of the molecule is Cc1c(C(=O)N2CCSCC2CC(=O)O)sc2ccc(F)cc12. The molecule has 1 aliphatic heterocycles. The van der Waals surface area contributed by atoms with Crippen molar-refractivity contribution in [2.75, 3.05) is 18.1 Å². The van der Waals surface area contributed by atoms with E-state index in [-0.39, 0.29) is 24.2 Å². The van der Waals surface area contributed by atoms with Crippen molar-refractivity contribution in [3.8, 4) is 0 Å². The van der Waals surface area contributed by atoms with Crippen molar-refractivity contribution in [3.63, 3.8) is 0 Å². The second-order valence-corrected chi connectivity index (χ2v) is 7.72. The average Bonchev–Trinajstić information content (AvgIpc) is 2.83. The Hall–Kier alpha value is -1.60. The van der Waals surface area contributed by atoms with E-state index in [0.717, 1.165) is 21.4 Å². The van der Waals surface area contributed by atoms with Crippen LogP contribution in [0.5, 0.6) is 0 Å². The largest absolute Gasteiger partial charge is 0.481 e. The fourth-order valence-corrected chi connectivity index (χ4v) is 5.03. The lowest BCUT2D eigenvalue weighted by Crippen LogP contribution is -2.47. The van der Waals surface area contributed by atoms with Crippen LogP contribution < -0.4 is 0 Å². The Morgan fingerprint density at radius 3 is 2.96 bits per heavy atom. The number of hydrogen-bond acceptors (Lipinski definition) is 4. The Bertz CT molecular complexity index is 774. The zero-order valence-corrected chi connectivity index (χ0v) is 14.2. The molecule has 0 radical (unpaired) electrons. The molecule has 1 amide bonds. The van der Waals surface area contributed by atoms with Gasteiger partial charge in [-0.05, 0) is 36.1 Å². The number of carboxylic acid groups (broad SMARTS) is 1. The molecule has 1 unspecified atom stereocenters. The molecule has 1 fully saturated rings. The highest BCUT2D eigenvalue weighted by Gasteiger charge is 2.31. The number of aliphatic carboxylic acids is 1. The summed E-state index contributed by atoms with van der Waals surface area (Å²) in [5.41, 5.74) is 0.766. The fourth-order valence-electron chi connectivity index (χ4n) is 2.82. The maximum absolute atomic E-state index is 13.4. The number of aryl methyl sites for hydroxylation is 1. The highest BCUT2D eigenvalue weighted by molar-refractivity contribution is 7.99. The van der Waals surface area contributed by atoms with E-state index in [1.54, 1.807) is 22.7 Å². The summed E-state index contributed by atoms with van der Waals surface area (Å²) >= 11 is 3.01. The number of thiophene rings is 1. The minimum atomic E-state index is -0.898. The highest BCUT2D eigenvalue weighted by atomic mass is 32.2. The third-order valence-electron chi connectivity index (χ3n) is 3.99. The van der Waals surface area contributed by atoms with Gasteiger partial charge in [-0.3, -0.25) is 9.59 Å². The Kier molecular flexibility index (Phi) is 4.59. The number of amides is 1. The van der Waals surface area contributed by atoms with E-state index in [4.69, 9.17) is 5.11 Å². The van der Waals surface area contributed by atoms with Gasteiger partial charge in [0.2, 0.25) is 0 Å². The monoisotopic (exact) mass is 353 g/mol. The fraction of sp³-hybridized carbons (Fsp3) is 0.375. The zero-order valence-electron chi connectivity index (χ0n) is 12.5. The Morgan fingerprint density at radius 1 is 1.43 bits per heavy atom. The summed E-state index contributed by atoms with van der Waals surface area (Å²) in [6, 6.07) is 4.22. The van der Waals surface area contributed by atoms with Gasteiger partial charge in [-0.25, -0.2) is 4.39 Å². The van der Waals surface area contributed by atoms with Gasteiger partial charge >= 0.3 is 5.97 Å². The maximum Gasteiger partial charge on any atom is 0.305 e. The van der Waals surface area contributed by atoms with E-state index in [2.05, 4.69) is 0 Å². The summed E-state index contributed by atoms with van der Waals surface area (Å²) in [4.78, 5) is 26.2. The lowest BCUT2D eigenvalue weighted by Gasteiger charge is -2.34. The molecule has 3 rings (SSSR count). The minimum absolute atomic E-state index is 0.0443. The van der Waals surface area contributed by atoms with Gasteiger partial charge in [0.25, 0.3) is 5.91 Å². The van der Waals surface area contributed by atoms with Crippen molar-refractivity contribution in [2.45, 2.75) is 19.4 Å². The molecule has 122 valence electrons. The van der Waals surface area contributed by atoms with Gasteiger partial charge in [0.05, 0.1) is 17.3 Å². The van der Waals surface area contributed by atoms with Crippen LogP contribution in [0.4, 0.5) is 4.39 Å². The normalized spacial score (nSPS) is 18.3. The first-order valence-corrected chi connectivity index (χ1v) is 9.23. The number of thioether (sulfide) groups is 1. The molecule has 1 aliphatic rings. The van der Waals surface area contributed by atoms with Crippen molar-refractivity contribution in [3.05, 3.63) is 34.5 Å². The molecule has 7 heteroatoms. The number of carbonyl (C=O) groups excluding carboxylic acids is 1. The van der Waals surface area contributed by atoms with Gasteiger partial charge in [0.1, 0.15) is 5.82 Å². The van der Waals surface area contributed by atoms with E-state index in [1.165, 1.54) is 23.5 Å². The predicted octanol–water partition coefficient (Wildman–Crippen LogP) is 3.38. The number of fused-ring (bicyclic) bond motifs is 1. The van der Waals surface area contributed by atoms with E-state index in [9.17, 15) is 14.0 Å². The number of carbonyl (C=O) groups is 2. The number of halogens is 1.